The first-order chi connectivity index (χ1) is 10.8. The highest BCUT2D eigenvalue weighted by molar-refractivity contribution is 7.99. The van der Waals surface area contributed by atoms with Crippen LogP contribution >= 0.6 is 11.8 Å². The second kappa shape index (κ2) is 5.96. The van der Waals surface area contributed by atoms with Gasteiger partial charge in [-0.1, -0.05) is 16.9 Å². The zero-order valence-corrected chi connectivity index (χ0v) is 13.2. The molecule has 118 valence electrons. The maximum Gasteiger partial charge on any atom is 0.239 e. The van der Waals surface area contributed by atoms with Gasteiger partial charge in [0.1, 0.15) is 0 Å². The fraction of sp³-hybridized carbons (Fsp3) is 0.769. The first-order valence-electron chi connectivity index (χ1n) is 7.67. The molecule has 0 N–H and O–H groups in total. The van der Waals surface area contributed by atoms with Crippen LogP contribution in [-0.4, -0.2) is 43.6 Å². The van der Waals surface area contributed by atoms with E-state index in [2.05, 4.69) is 25.7 Å². The van der Waals surface area contributed by atoms with Gasteiger partial charge in [0.15, 0.2) is 5.82 Å². The van der Waals surface area contributed by atoms with E-state index in [0.29, 0.717) is 17.9 Å². The van der Waals surface area contributed by atoms with Crippen molar-refractivity contribution in [3.8, 4) is 0 Å². The van der Waals surface area contributed by atoms with Crippen LogP contribution in [0.25, 0.3) is 0 Å². The summed E-state index contributed by atoms with van der Waals surface area (Å²) < 4.78 is 12.7. The second-order valence-corrected chi connectivity index (χ2v) is 7.08. The Bertz CT molecular complexity index is 634. The van der Waals surface area contributed by atoms with Crippen molar-refractivity contribution in [2.75, 3.05) is 13.2 Å². The Kier molecular flexibility index (Phi) is 3.83. The van der Waals surface area contributed by atoms with Gasteiger partial charge < -0.3 is 9.26 Å². The summed E-state index contributed by atoms with van der Waals surface area (Å²) in [5.41, 5.74) is 0. The van der Waals surface area contributed by atoms with Crippen molar-refractivity contribution in [2.45, 2.75) is 55.0 Å². The zero-order chi connectivity index (χ0) is 14.9. The van der Waals surface area contributed by atoms with Crippen LogP contribution in [0.2, 0.25) is 0 Å². The summed E-state index contributed by atoms with van der Waals surface area (Å²) in [5, 5.41) is 17.0. The summed E-state index contributed by atoms with van der Waals surface area (Å²) in [4.78, 5) is 4.50. The fourth-order valence-electron chi connectivity index (χ4n) is 2.55. The molecular weight excluding hydrogens is 304 g/mol. The Morgan fingerprint density at radius 1 is 1.23 bits per heavy atom. The van der Waals surface area contributed by atoms with Crippen molar-refractivity contribution in [3.05, 3.63) is 11.7 Å². The first kappa shape index (κ1) is 14.1. The summed E-state index contributed by atoms with van der Waals surface area (Å²) in [7, 11) is 0. The van der Waals surface area contributed by atoms with E-state index in [4.69, 9.17) is 9.26 Å². The minimum absolute atomic E-state index is 0.0320. The molecule has 2 fully saturated rings. The standard InChI is InChI=1S/C13H18N6O2S/c1-8(12-14-11(16-21-12)9-2-3-9)22-13-15-17-18-19(13)10-4-6-20-7-5-10/h8-10H,2-7H2,1H3/t8-/m1/s1. The molecule has 3 heterocycles. The third kappa shape index (κ3) is 2.87. The van der Waals surface area contributed by atoms with Crippen molar-refractivity contribution in [3.63, 3.8) is 0 Å². The highest BCUT2D eigenvalue weighted by atomic mass is 32.2. The third-order valence-electron chi connectivity index (χ3n) is 4.03. The molecule has 0 bridgehead atoms. The third-order valence-corrected chi connectivity index (χ3v) is 5.06. The number of thioether (sulfide) groups is 1. The molecule has 2 aliphatic rings. The van der Waals surface area contributed by atoms with Gasteiger partial charge in [0, 0.05) is 19.1 Å². The maximum absolute atomic E-state index is 5.40. The Balaban J connectivity index is 1.46. The molecule has 22 heavy (non-hydrogen) atoms. The van der Waals surface area contributed by atoms with Gasteiger partial charge in [-0.2, -0.15) is 4.98 Å². The van der Waals surface area contributed by atoms with Crippen LogP contribution in [0.15, 0.2) is 9.68 Å². The summed E-state index contributed by atoms with van der Waals surface area (Å²) in [6.45, 7) is 3.56. The fourth-order valence-corrected chi connectivity index (χ4v) is 3.44. The van der Waals surface area contributed by atoms with Gasteiger partial charge in [0.25, 0.3) is 0 Å². The average Bonchev–Trinajstić information content (AvgIpc) is 3.10. The molecule has 8 nitrogen and oxygen atoms in total. The molecule has 1 saturated heterocycles. The van der Waals surface area contributed by atoms with Crippen molar-refractivity contribution in [1.29, 1.82) is 0 Å². The lowest BCUT2D eigenvalue weighted by atomic mass is 10.1. The molecule has 1 aliphatic heterocycles. The Morgan fingerprint density at radius 3 is 2.82 bits per heavy atom. The predicted molar refractivity (Wildman–Crippen MR) is 77.5 cm³/mol. The quantitative estimate of drug-likeness (QED) is 0.773. The minimum atomic E-state index is 0.0320. The number of ether oxygens (including phenoxy) is 1. The smallest absolute Gasteiger partial charge is 0.239 e. The van der Waals surface area contributed by atoms with Crippen LogP contribution < -0.4 is 0 Å². The van der Waals surface area contributed by atoms with Crippen LogP contribution in [0.5, 0.6) is 0 Å². The number of aromatic nitrogens is 6. The Morgan fingerprint density at radius 2 is 2.05 bits per heavy atom. The van der Waals surface area contributed by atoms with Gasteiger partial charge in [-0.15, -0.1) is 5.10 Å². The summed E-state index contributed by atoms with van der Waals surface area (Å²) in [6.07, 6.45) is 4.23. The molecular formula is C13H18N6O2S. The van der Waals surface area contributed by atoms with Gasteiger partial charge in [-0.25, -0.2) is 4.68 Å². The molecule has 0 aromatic carbocycles. The lowest BCUT2D eigenvalue weighted by Gasteiger charge is -2.22. The number of nitrogens with zero attached hydrogens (tertiary/aromatic N) is 6. The normalized spacial score (nSPS) is 21.1. The van der Waals surface area contributed by atoms with Gasteiger partial charge >= 0.3 is 0 Å². The number of hydrogen-bond acceptors (Lipinski definition) is 8. The predicted octanol–water partition coefficient (Wildman–Crippen LogP) is 2.14. The van der Waals surface area contributed by atoms with E-state index in [0.717, 1.165) is 37.0 Å². The molecule has 0 amide bonds. The van der Waals surface area contributed by atoms with Gasteiger partial charge in [-0.05, 0) is 43.0 Å². The Hall–Kier alpha value is -1.48. The molecule has 0 spiro atoms. The van der Waals surface area contributed by atoms with E-state index >= 15 is 0 Å². The lowest BCUT2D eigenvalue weighted by Crippen LogP contribution is -2.21. The number of hydrogen-bond donors (Lipinski definition) is 0. The second-order valence-electron chi connectivity index (χ2n) is 5.77. The molecule has 1 aliphatic carbocycles. The van der Waals surface area contributed by atoms with Gasteiger partial charge in [-0.3, -0.25) is 0 Å². The van der Waals surface area contributed by atoms with E-state index < -0.39 is 0 Å². The monoisotopic (exact) mass is 322 g/mol. The van der Waals surface area contributed by atoms with Crippen molar-refractivity contribution in [1.82, 2.24) is 30.3 Å². The molecule has 4 rings (SSSR count). The van der Waals surface area contributed by atoms with Crippen LogP contribution in [0.3, 0.4) is 0 Å². The van der Waals surface area contributed by atoms with Crippen molar-refractivity contribution in [2.24, 2.45) is 0 Å². The largest absolute Gasteiger partial charge is 0.381 e. The van der Waals surface area contributed by atoms with E-state index in [9.17, 15) is 0 Å². The van der Waals surface area contributed by atoms with Crippen molar-refractivity contribution < 1.29 is 9.26 Å². The summed E-state index contributed by atoms with van der Waals surface area (Å²) in [6, 6.07) is 0.308. The van der Waals surface area contributed by atoms with Crippen LogP contribution in [0.1, 0.15) is 61.5 Å². The van der Waals surface area contributed by atoms with Crippen LogP contribution in [-0.2, 0) is 4.74 Å². The molecule has 2 aromatic heterocycles. The highest BCUT2D eigenvalue weighted by Gasteiger charge is 2.30. The lowest BCUT2D eigenvalue weighted by molar-refractivity contribution is 0.0631. The van der Waals surface area contributed by atoms with Crippen LogP contribution in [0, 0.1) is 0 Å². The average molecular weight is 322 g/mol. The maximum atomic E-state index is 5.40. The number of rotatable bonds is 5. The van der Waals surface area contributed by atoms with E-state index in [1.54, 1.807) is 11.8 Å². The molecule has 9 heteroatoms. The van der Waals surface area contributed by atoms with E-state index in [-0.39, 0.29) is 5.25 Å². The topological polar surface area (TPSA) is 91.8 Å². The molecule has 2 aromatic rings. The minimum Gasteiger partial charge on any atom is -0.381 e. The SMILES string of the molecule is C[C@@H](Sc1nnnn1C1CCOCC1)c1nc(C2CC2)no1. The van der Waals surface area contributed by atoms with Crippen molar-refractivity contribution >= 4 is 11.8 Å². The first-order valence-corrected chi connectivity index (χ1v) is 8.55. The summed E-state index contributed by atoms with van der Waals surface area (Å²) in [5.74, 6) is 1.99. The van der Waals surface area contributed by atoms with Crippen LogP contribution in [0.4, 0.5) is 0 Å². The molecule has 1 atom stereocenters. The summed E-state index contributed by atoms with van der Waals surface area (Å²) >= 11 is 1.56. The van der Waals surface area contributed by atoms with E-state index in [1.807, 2.05) is 11.6 Å². The highest BCUT2D eigenvalue weighted by Crippen LogP contribution is 2.40. The zero-order valence-electron chi connectivity index (χ0n) is 12.4. The molecule has 0 radical (unpaired) electrons. The Labute approximate surface area is 132 Å². The number of tetrazole rings is 1. The van der Waals surface area contributed by atoms with Gasteiger partial charge in [0.2, 0.25) is 11.0 Å². The van der Waals surface area contributed by atoms with E-state index in [1.165, 1.54) is 12.8 Å². The molecule has 0 unspecified atom stereocenters. The van der Waals surface area contributed by atoms with Gasteiger partial charge in [0.05, 0.1) is 11.3 Å². The molecule has 1 saturated carbocycles.